The number of sulfonamides is 1. The fourth-order valence-electron chi connectivity index (χ4n) is 3.00. The molecule has 1 unspecified atom stereocenters. The molecule has 1 aliphatic rings. The number of aryl methyl sites for hydroxylation is 2. The number of hydrogen-bond donors (Lipinski definition) is 1. The summed E-state index contributed by atoms with van der Waals surface area (Å²) in [6.45, 7) is 6.78. The number of morpholine rings is 1. The van der Waals surface area contributed by atoms with Gasteiger partial charge in [-0.2, -0.15) is 4.31 Å². The first kappa shape index (κ1) is 19.5. The van der Waals surface area contributed by atoms with E-state index in [4.69, 9.17) is 4.74 Å². The Kier molecular flexibility index (Phi) is 5.64. The highest BCUT2D eigenvalue weighted by Crippen LogP contribution is 2.21. The van der Waals surface area contributed by atoms with E-state index >= 15 is 0 Å². The van der Waals surface area contributed by atoms with Crippen LogP contribution in [0.4, 0.5) is 5.69 Å². The van der Waals surface area contributed by atoms with Gasteiger partial charge >= 0.3 is 0 Å². The number of carbonyl (C=O) groups excluding carboxylic acids is 1. The lowest BCUT2D eigenvalue weighted by atomic mass is 10.1. The average molecular weight is 388 g/mol. The molecule has 1 amide bonds. The number of carbonyl (C=O) groups is 1. The molecule has 27 heavy (non-hydrogen) atoms. The highest BCUT2D eigenvalue weighted by Gasteiger charge is 2.29. The second kappa shape index (κ2) is 7.80. The van der Waals surface area contributed by atoms with Crippen LogP contribution in [0.3, 0.4) is 0 Å². The third kappa shape index (κ3) is 4.37. The molecule has 1 atom stereocenters. The van der Waals surface area contributed by atoms with Gasteiger partial charge < -0.3 is 10.1 Å². The number of anilines is 1. The first-order valence-corrected chi connectivity index (χ1v) is 10.3. The van der Waals surface area contributed by atoms with Crippen molar-refractivity contribution in [1.82, 2.24) is 4.31 Å². The number of nitrogens with zero attached hydrogens (tertiary/aromatic N) is 1. The van der Waals surface area contributed by atoms with Gasteiger partial charge in [0.05, 0.1) is 17.6 Å². The first-order chi connectivity index (χ1) is 12.8. The molecule has 0 saturated carbocycles. The van der Waals surface area contributed by atoms with Gasteiger partial charge in [0.15, 0.2) is 0 Å². The third-order valence-corrected chi connectivity index (χ3v) is 6.48. The average Bonchev–Trinajstić information content (AvgIpc) is 2.65. The summed E-state index contributed by atoms with van der Waals surface area (Å²) in [6, 6.07) is 11.9. The molecule has 2 aromatic rings. The van der Waals surface area contributed by atoms with E-state index in [1.807, 2.05) is 39.0 Å². The van der Waals surface area contributed by atoms with E-state index in [9.17, 15) is 13.2 Å². The second-order valence-electron chi connectivity index (χ2n) is 6.84. The van der Waals surface area contributed by atoms with Gasteiger partial charge in [0.1, 0.15) is 0 Å². The van der Waals surface area contributed by atoms with Crippen molar-refractivity contribution >= 4 is 21.6 Å². The van der Waals surface area contributed by atoms with Gasteiger partial charge in [-0.15, -0.1) is 0 Å². The van der Waals surface area contributed by atoms with Crippen LogP contribution in [0, 0.1) is 13.8 Å². The molecule has 0 aromatic heterocycles. The van der Waals surface area contributed by atoms with Crippen LogP contribution in [0.15, 0.2) is 47.4 Å². The number of nitrogens with one attached hydrogen (secondary N) is 1. The SMILES string of the molecule is Cc1ccc(C)c(NC(=O)c2ccc(S(=O)(=O)N3CCOC(C)C3)cc2)c1. The molecule has 1 saturated heterocycles. The van der Waals surface area contributed by atoms with Crippen LogP contribution >= 0.6 is 0 Å². The van der Waals surface area contributed by atoms with Crippen LogP contribution in [-0.4, -0.2) is 44.4 Å². The largest absolute Gasteiger partial charge is 0.376 e. The fourth-order valence-corrected chi connectivity index (χ4v) is 4.50. The van der Waals surface area contributed by atoms with Crippen LogP contribution in [0.5, 0.6) is 0 Å². The van der Waals surface area contributed by atoms with Crippen molar-refractivity contribution < 1.29 is 17.9 Å². The maximum absolute atomic E-state index is 12.8. The second-order valence-corrected chi connectivity index (χ2v) is 8.78. The van der Waals surface area contributed by atoms with Crippen molar-refractivity contribution in [2.24, 2.45) is 0 Å². The van der Waals surface area contributed by atoms with E-state index in [1.54, 1.807) is 0 Å². The number of ether oxygens (including phenoxy) is 1. The fraction of sp³-hybridized carbons (Fsp3) is 0.350. The van der Waals surface area contributed by atoms with E-state index in [0.717, 1.165) is 16.8 Å². The molecule has 144 valence electrons. The molecule has 0 bridgehead atoms. The zero-order valence-electron chi connectivity index (χ0n) is 15.7. The highest BCUT2D eigenvalue weighted by atomic mass is 32.2. The van der Waals surface area contributed by atoms with Gasteiger partial charge in [-0.05, 0) is 62.2 Å². The summed E-state index contributed by atoms with van der Waals surface area (Å²) in [6.07, 6.45) is -0.129. The summed E-state index contributed by atoms with van der Waals surface area (Å²) in [5, 5.41) is 2.88. The highest BCUT2D eigenvalue weighted by molar-refractivity contribution is 7.89. The third-order valence-electron chi connectivity index (χ3n) is 4.60. The molecular formula is C20H24N2O4S. The minimum atomic E-state index is -3.59. The summed E-state index contributed by atoms with van der Waals surface area (Å²) in [5.74, 6) is -0.271. The topological polar surface area (TPSA) is 75.7 Å². The summed E-state index contributed by atoms with van der Waals surface area (Å²) in [5.41, 5.74) is 3.18. The Labute approximate surface area is 160 Å². The van der Waals surface area contributed by atoms with Crippen LogP contribution < -0.4 is 5.32 Å². The van der Waals surface area contributed by atoms with Gasteiger partial charge in [0, 0.05) is 24.3 Å². The minimum absolute atomic E-state index is 0.129. The van der Waals surface area contributed by atoms with Crippen LogP contribution in [-0.2, 0) is 14.8 Å². The number of amides is 1. The van der Waals surface area contributed by atoms with E-state index < -0.39 is 10.0 Å². The maximum atomic E-state index is 12.8. The zero-order chi connectivity index (χ0) is 19.6. The standard InChI is InChI=1S/C20H24N2O4S/c1-14-4-5-15(2)19(12-14)21-20(23)17-6-8-18(9-7-17)27(24,25)22-10-11-26-16(3)13-22/h4-9,12,16H,10-11,13H2,1-3H3,(H,21,23). The molecule has 1 N–H and O–H groups in total. The molecule has 0 spiro atoms. The Morgan fingerprint density at radius 3 is 2.52 bits per heavy atom. The smallest absolute Gasteiger partial charge is 0.255 e. The van der Waals surface area contributed by atoms with Gasteiger partial charge in [0.2, 0.25) is 10.0 Å². The quantitative estimate of drug-likeness (QED) is 0.874. The molecule has 1 aliphatic heterocycles. The normalized spacial score (nSPS) is 18.3. The van der Waals surface area contributed by atoms with Crippen molar-refractivity contribution in [2.75, 3.05) is 25.0 Å². The number of hydrogen-bond acceptors (Lipinski definition) is 4. The molecule has 1 fully saturated rings. The van der Waals surface area contributed by atoms with Crippen molar-refractivity contribution in [3.63, 3.8) is 0 Å². The van der Waals surface area contributed by atoms with E-state index in [-0.39, 0.29) is 16.9 Å². The number of benzene rings is 2. The lowest BCUT2D eigenvalue weighted by Crippen LogP contribution is -2.44. The molecule has 7 heteroatoms. The Bertz CT molecular complexity index is 939. The van der Waals surface area contributed by atoms with Crippen LogP contribution in [0.2, 0.25) is 0 Å². The molecule has 3 rings (SSSR count). The number of rotatable bonds is 4. The Hall–Kier alpha value is -2.22. The lowest BCUT2D eigenvalue weighted by Gasteiger charge is -2.30. The molecule has 6 nitrogen and oxygen atoms in total. The molecule has 0 radical (unpaired) electrons. The van der Waals surface area contributed by atoms with E-state index in [2.05, 4.69) is 5.32 Å². The van der Waals surface area contributed by atoms with Gasteiger partial charge in [-0.1, -0.05) is 12.1 Å². The van der Waals surface area contributed by atoms with Crippen LogP contribution in [0.1, 0.15) is 28.4 Å². The van der Waals surface area contributed by atoms with Crippen molar-refractivity contribution in [3.8, 4) is 0 Å². The van der Waals surface area contributed by atoms with Crippen molar-refractivity contribution in [1.29, 1.82) is 0 Å². The maximum Gasteiger partial charge on any atom is 0.255 e. The molecule has 1 heterocycles. The Morgan fingerprint density at radius 2 is 1.85 bits per heavy atom. The first-order valence-electron chi connectivity index (χ1n) is 8.88. The zero-order valence-corrected chi connectivity index (χ0v) is 16.5. The van der Waals surface area contributed by atoms with Crippen LogP contribution in [0.25, 0.3) is 0 Å². The predicted octanol–water partition coefficient (Wildman–Crippen LogP) is 2.97. The lowest BCUT2D eigenvalue weighted by molar-refractivity contribution is 0.0102. The summed E-state index contributed by atoms with van der Waals surface area (Å²) in [7, 11) is -3.59. The molecule has 2 aromatic carbocycles. The van der Waals surface area contributed by atoms with Gasteiger partial charge in [0.25, 0.3) is 5.91 Å². The van der Waals surface area contributed by atoms with E-state index in [1.165, 1.54) is 28.6 Å². The summed E-state index contributed by atoms with van der Waals surface area (Å²) >= 11 is 0. The van der Waals surface area contributed by atoms with Gasteiger partial charge in [-0.25, -0.2) is 8.42 Å². The Morgan fingerprint density at radius 1 is 1.15 bits per heavy atom. The summed E-state index contributed by atoms with van der Waals surface area (Å²) in [4.78, 5) is 12.7. The Balaban J connectivity index is 1.76. The predicted molar refractivity (Wildman–Crippen MR) is 104 cm³/mol. The monoisotopic (exact) mass is 388 g/mol. The summed E-state index contributed by atoms with van der Waals surface area (Å²) < 4.78 is 32.3. The van der Waals surface area contributed by atoms with Crippen molar-refractivity contribution in [2.45, 2.75) is 31.8 Å². The van der Waals surface area contributed by atoms with Crippen molar-refractivity contribution in [3.05, 3.63) is 59.2 Å². The molecule has 0 aliphatic carbocycles. The molecular weight excluding hydrogens is 364 g/mol. The minimum Gasteiger partial charge on any atom is -0.376 e. The van der Waals surface area contributed by atoms with Gasteiger partial charge in [-0.3, -0.25) is 4.79 Å². The van der Waals surface area contributed by atoms with E-state index in [0.29, 0.717) is 25.3 Å².